The van der Waals surface area contributed by atoms with Crippen molar-refractivity contribution in [1.29, 1.82) is 0 Å². The maximum absolute atomic E-state index is 5.02. The topological polar surface area (TPSA) is 17.3 Å². The smallest absolute Gasteiger partial charge is 0.654 e. The third-order valence-electron chi connectivity index (χ3n) is 3.85. The van der Waals surface area contributed by atoms with E-state index >= 15 is 0 Å². The van der Waals surface area contributed by atoms with Crippen molar-refractivity contribution in [3.8, 4) is 0 Å². The summed E-state index contributed by atoms with van der Waals surface area (Å²) in [6.45, 7) is 11.3. The van der Waals surface area contributed by atoms with Gasteiger partial charge in [-0.15, -0.1) is 6.54 Å². The van der Waals surface area contributed by atoms with Crippen LogP contribution in [0, 0.1) is 5.41 Å². The summed E-state index contributed by atoms with van der Waals surface area (Å²) in [7, 11) is 0. The Morgan fingerprint density at radius 2 is 1.67 bits per heavy atom. The van der Waals surface area contributed by atoms with Crippen LogP contribution in [-0.2, 0) is 0 Å². The molecule has 2 rings (SSSR count). The summed E-state index contributed by atoms with van der Waals surface area (Å²) < 4.78 is 0. The molecule has 0 aliphatic carbocycles. The van der Waals surface area contributed by atoms with E-state index in [-0.39, 0.29) is 24.3 Å². The molecule has 1 aliphatic heterocycles. The van der Waals surface area contributed by atoms with Crippen LogP contribution >= 0.6 is 0 Å². The Bertz CT molecular complexity index is 380. The van der Waals surface area contributed by atoms with Gasteiger partial charge in [0, 0.05) is 0 Å². The summed E-state index contributed by atoms with van der Waals surface area (Å²) in [5, 5.41) is 5.02. The second-order valence-electron chi connectivity index (χ2n) is 7.19. The van der Waals surface area contributed by atoms with Crippen LogP contribution in [0.1, 0.15) is 51.6 Å². The molecule has 0 saturated carbocycles. The van der Waals surface area contributed by atoms with E-state index in [1.54, 1.807) is 0 Å². The van der Waals surface area contributed by atoms with Crippen molar-refractivity contribution in [2.75, 3.05) is 26.2 Å². The van der Waals surface area contributed by atoms with Crippen LogP contribution in [0.3, 0.4) is 0 Å². The van der Waals surface area contributed by atoms with Crippen LogP contribution in [0.4, 0.5) is 0 Å². The maximum Gasteiger partial charge on any atom is 1.00 e. The molecule has 21 heavy (non-hydrogen) atoms. The molecule has 1 fully saturated rings. The average molecular weight is 280 g/mol. The molecule has 0 aromatic heterocycles. The fourth-order valence-electron chi connectivity index (χ4n) is 2.71. The van der Waals surface area contributed by atoms with Crippen LogP contribution in [0.5, 0.6) is 0 Å². The summed E-state index contributed by atoms with van der Waals surface area (Å²) in [6, 6.07) is 11.1. The fraction of sp³-hybridized carbons (Fsp3) is 0.667. The van der Waals surface area contributed by atoms with Gasteiger partial charge in [0.1, 0.15) is 0 Å². The van der Waals surface area contributed by atoms with E-state index in [1.165, 1.54) is 37.9 Å². The van der Waals surface area contributed by atoms with Crippen LogP contribution in [0.15, 0.2) is 30.3 Å². The normalized spacial score (nSPS) is 18.0. The Morgan fingerprint density at radius 1 is 1.05 bits per heavy atom. The molecule has 1 atom stereocenters. The third-order valence-corrected chi connectivity index (χ3v) is 3.85. The summed E-state index contributed by atoms with van der Waals surface area (Å²) in [4.78, 5) is 2.59. The Kier molecular flexibility index (Phi) is 8.06. The molecule has 1 aromatic carbocycles. The predicted molar refractivity (Wildman–Crippen MR) is 87.2 cm³/mol. The first-order valence-electron chi connectivity index (χ1n) is 7.98. The van der Waals surface area contributed by atoms with Gasteiger partial charge >= 0.3 is 18.9 Å². The van der Waals surface area contributed by atoms with Crippen molar-refractivity contribution in [1.82, 2.24) is 4.90 Å². The van der Waals surface area contributed by atoms with Crippen molar-refractivity contribution in [3.05, 3.63) is 41.2 Å². The van der Waals surface area contributed by atoms with E-state index in [1.807, 2.05) is 0 Å². The van der Waals surface area contributed by atoms with Gasteiger partial charge in [-0.25, -0.2) is 0 Å². The Morgan fingerprint density at radius 3 is 2.24 bits per heavy atom. The van der Waals surface area contributed by atoms with Crippen LogP contribution < -0.4 is 18.9 Å². The minimum Gasteiger partial charge on any atom is -0.654 e. The molecule has 1 aromatic rings. The van der Waals surface area contributed by atoms with Gasteiger partial charge in [0.2, 0.25) is 0 Å². The molecule has 1 saturated heterocycles. The van der Waals surface area contributed by atoms with E-state index in [4.69, 9.17) is 5.32 Å². The quantitative estimate of drug-likeness (QED) is 0.750. The molecule has 0 N–H and O–H groups in total. The molecule has 1 heterocycles. The summed E-state index contributed by atoms with van der Waals surface area (Å²) in [6.07, 6.45) is 4.09. The molecule has 1 aliphatic rings. The van der Waals surface area contributed by atoms with E-state index < -0.39 is 0 Å². The molecule has 0 amide bonds. The van der Waals surface area contributed by atoms with E-state index in [0.29, 0.717) is 6.04 Å². The maximum atomic E-state index is 5.02. The number of benzene rings is 1. The zero-order valence-electron chi connectivity index (χ0n) is 14.3. The molecule has 3 heteroatoms. The van der Waals surface area contributed by atoms with E-state index in [0.717, 1.165) is 13.1 Å². The number of hydrogen-bond donors (Lipinski definition) is 0. The first-order valence-corrected chi connectivity index (χ1v) is 7.98. The van der Waals surface area contributed by atoms with E-state index in [2.05, 4.69) is 56.0 Å². The summed E-state index contributed by atoms with van der Waals surface area (Å²) in [5.41, 5.74) is 1.64. The van der Waals surface area contributed by atoms with Crippen molar-refractivity contribution < 1.29 is 18.9 Å². The van der Waals surface area contributed by atoms with Crippen molar-refractivity contribution >= 4 is 0 Å². The van der Waals surface area contributed by atoms with Crippen molar-refractivity contribution in [2.45, 2.75) is 46.1 Å². The Labute approximate surface area is 142 Å². The molecule has 2 nitrogen and oxygen atoms in total. The van der Waals surface area contributed by atoms with Crippen LogP contribution in [-0.4, -0.2) is 31.1 Å². The predicted octanol–water partition coefficient (Wildman–Crippen LogP) is 1.64. The van der Waals surface area contributed by atoms with E-state index in [9.17, 15) is 0 Å². The zero-order chi connectivity index (χ0) is 14.4. The molecular weight excluding hydrogens is 251 g/mol. The van der Waals surface area contributed by atoms with Gasteiger partial charge in [-0.3, -0.25) is 0 Å². The largest absolute Gasteiger partial charge is 1.00 e. The first-order chi connectivity index (χ1) is 9.54. The number of rotatable bonds is 5. The second-order valence-corrected chi connectivity index (χ2v) is 7.19. The number of piperidine rings is 1. The number of nitrogens with zero attached hydrogens (tertiary/aromatic N) is 2. The van der Waals surface area contributed by atoms with Gasteiger partial charge in [-0.1, -0.05) is 74.5 Å². The summed E-state index contributed by atoms with van der Waals surface area (Å²) >= 11 is 0. The second kappa shape index (κ2) is 9.01. The third kappa shape index (κ3) is 7.02. The standard InChI is InChI=1S/C18H29N2.Li/c1-18(2,3)15-19-17(16-10-6-4-7-11-16)14-20-12-8-5-9-13-20;/h4,6-7,10-11,17H,5,8-9,12-15H2,1-3H3;/q-1;+1/t17-;/m1./s1. The van der Waals surface area contributed by atoms with Gasteiger partial charge in [0.25, 0.3) is 0 Å². The van der Waals surface area contributed by atoms with Gasteiger partial charge < -0.3 is 10.2 Å². The Balaban J connectivity index is 0.00000220. The Hall–Kier alpha value is -0.263. The minimum atomic E-state index is 0. The van der Waals surface area contributed by atoms with Crippen LogP contribution in [0.25, 0.3) is 5.32 Å². The number of likely N-dealkylation sites (tertiary alicyclic amines) is 1. The van der Waals surface area contributed by atoms with Gasteiger partial charge in [0.15, 0.2) is 0 Å². The average Bonchev–Trinajstić information content (AvgIpc) is 2.44. The SMILES string of the molecule is CC(C)(C)C[N-][C@H](CN1CCCCC1)c1ccccc1.[Li+]. The van der Waals surface area contributed by atoms with Crippen LogP contribution in [0.2, 0.25) is 0 Å². The minimum absolute atomic E-state index is 0. The number of hydrogen-bond acceptors (Lipinski definition) is 1. The molecule has 0 bridgehead atoms. The van der Waals surface area contributed by atoms with Gasteiger partial charge in [0.05, 0.1) is 0 Å². The van der Waals surface area contributed by atoms with Gasteiger partial charge in [-0.2, -0.15) is 0 Å². The monoisotopic (exact) mass is 280 g/mol. The molecule has 0 unspecified atom stereocenters. The van der Waals surface area contributed by atoms with Crippen molar-refractivity contribution in [2.24, 2.45) is 5.41 Å². The molecular formula is C18H29LiN2. The molecule has 112 valence electrons. The van der Waals surface area contributed by atoms with Gasteiger partial charge in [-0.05, 0) is 32.5 Å². The first kappa shape index (κ1) is 18.8. The fourth-order valence-corrected chi connectivity index (χ4v) is 2.71. The zero-order valence-corrected chi connectivity index (χ0v) is 14.3. The van der Waals surface area contributed by atoms with Crippen molar-refractivity contribution in [3.63, 3.8) is 0 Å². The molecule has 0 spiro atoms. The summed E-state index contributed by atoms with van der Waals surface area (Å²) in [5.74, 6) is 0. The molecule has 0 radical (unpaired) electrons.